The molecule has 1 fully saturated rings. The normalized spacial score (nSPS) is 16.6. The molecular weight excluding hydrogens is 510 g/mol. The van der Waals surface area contributed by atoms with Gasteiger partial charge in [-0.15, -0.1) is 11.8 Å². The fraction of sp³-hybridized carbons (Fsp3) is 0.577. The van der Waals surface area contributed by atoms with Crippen molar-refractivity contribution in [1.29, 1.82) is 0 Å². The van der Waals surface area contributed by atoms with Crippen LogP contribution < -0.4 is 16.4 Å². The largest absolute Gasteiger partial charge is 0.457 e. The topological polar surface area (TPSA) is 151 Å². The van der Waals surface area contributed by atoms with E-state index in [9.17, 15) is 24.0 Å². The van der Waals surface area contributed by atoms with Crippen LogP contribution in [0.4, 0.5) is 4.79 Å². The molecule has 3 atom stereocenters. The number of ether oxygens (including phenoxy) is 1. The second-order valence-electron chi connectivity index (χ2n) is 9.77. The van der Waals surface area contributed by atoms with Crippen LogP contribution >= 0.6 is 11.8 Å². The molecule has 4 amide bonds. The lowest BCUT2D eigenvalue weighted by molar-refractivity contribution is -0.158. The molecule has 0 aliphatic carbocycles. The van der Waals surface area contributed by atoms with Gasteiger partial charge in [0.05, 0.1) is 12.0 Å². The van der Waals surface area contributed by atoms with E-state index in [1.165, 1.54) is 21.6 Å². The van der Waals surface area contributed by atoms with E-state index in [1.807, 2.05) is 6.07 Å². The first-order valence-electron chi connectivity index (χ1n) is 12.6. The Kier molecular flexibility index (Phi) is 12.0. The van der Waals surface area contributed by atoms with Crippen molar-refractivity contribution in [2.75, 3.05) is 31.8 Å². The number of carbonyl (C=O) groups excluding carboxylic acids is 5. The summed E-state index contributed by atoms with van der Waals surface area (Å²) in [7, 11) is 1.58. The second-order valence-corrected chi connectivity index (χ2v) is 10.8. The smallest absolute Gasteiger partial charge is 0.377 e. The average molecular weight is 550 g/mol. The molecule has 0 spiro atoms. The molecule has 2 rings (SSSR count). The molecule has 0 saturated carbocycles. The van der Waals surface area contributed by atoms with Gasteiger partial charge in [0, 0.05) is 32.3 Å². The predicted molar refractivity (Wildman–Crippen MR) is 145 cm³/mol. The highest BCUT2D eigenvalue weighted by Gasteiger charge is 2.41. The number of benzene rings is 1. The summed E-state index contributed by atoms with van der Waals surface area (Å²) < 4.78 is 5.07. The lowest BCUT2D eigenvalue weighted by Gasteiger charge is -2.31. The molecule has 11 nitrogen and oxygen atoms in total. The molecule has 1 saturated heterocycles. The van der Waals surface area contributed by atoms with Gasteiger partial charge in [-0.1, -0.05) is 44.2 Å². The number of hydrogen-bond donors (Lipinski definition) is 3. The maximum absolute atomic E-state index is 13.5. The molecular formula is C26H39N5O6S. The highest BCUT2D eigenvalue weighted by atomic mass is 32.2. The van der Waals surface area contributed by atoms with Gasteiger partial charge in [0.25, 0.3) is 5.78 Å². The molecule has 0 aromatic heterocycles. The average Bonchev–Trinajstić information content (AvgIpc) is 3.36. The zero-order valence-corrected chi connectivity index (χ0v) is 23.5. The third-order valence-corrected chi connectivity index (χ3v) is 6.96. The number of thioether (sulfide) groups is 1. The maximum Gasteiger partial charge on any atom is 0.377 e. The standard InChI is InChI=1S/C26H39N5O6S/c1-16(2)21(29-26(36)30(5)12-11-27)24(34)31-15-38-14-20(31)23(33)28-19(13-18-9-7-6-8-10-18)22(32)25(35)37-17(3)4/h6-10,16-17,19-21H,11-15,27H2,1-5H3,(H,28,33)(H,29,36)/t19-,20-,21-/m0/s1. The van der Waals surface area contributed by atoms with Gasteiger partial charge in [-0.2, -0.15) is 0 Å². The van der Waals surface area contributed by atoms with Crippen LogP contribution in [-0.2, 0) is 30.3 Å². The summed E-state index contributed by atoms with van der Waals surface area (Å²) in [5.74, 6) is -2.53. The quantitative estimate of drug-likeness (QED) is 0.255. The third-order valence-electron chi connectivity index (χ3n) is 5.95. The Bertz CT molecular complexity index is 990. The number of ketones is 1. The SMILES string of the molecule is CC(C)OC(=O)C(=O)[C@H](Cc1ccccc1)NC(=O)[C@@H]1CSCN1C(=O)[C@@H](NC(=O)N(C)CCN)C(C)C. The number of nitrogens with zero attached hydrogens (tertiary/aromatic N) is 2. The fourth-order valence-corrected chi connectivity index (χ4v) is 5.01. The molecule has 210 valence electrons. The number of urea groups is 1. The number of carbonyl (C=O) groups is 5. The molecule has 0 unspecified atom stereocenters. The summed E-state index contributed by atoms with van der Waals surface area (Å²) in [6.45, 7) is 7.48. The molecule has 0 bridgehead atoms. The fourth-order valence-electron chi connectivity index (χ4n) is 3.85. The van der Waals surface area contributed by atoms with E-state index >= 15 is 0 Å². The Morgan fingerprint density at radius 3 is 2.34 bits per heavy atom. The third kappa shape index (κ3) is 8.73. The summed E-state index contributed by atoms with van der Waals surface area (Å²) in [4.78, 5) is 67.5. The summed E-state index contributed by atoms with van der Waals surface area (Å²) in [5.41, 5.74) is 6.27. The number of Topliss-reactive ketones (excluding diaryl/α,β-unsaturated/α-hetero) is 1. The van der Waals surface area contributed by atoms with Crippen molar-refractivity contribution < 1.29 is 28.7 Å². The second kappa shape index (κ2) is 14.7. The van der Waals surface area contributed by atoms with Crippen LogP contribution in [0.1, 0.15) is 33.3 Å². The van der Waals surface area contributed by atoms with Gasteiger partial charge in [-0.25, -0.2) is 9.59 Å². The highest BCUT2D eigenvalue weighted by molar-refractivity contribution is 7.99. The van der Waals surface area contributed by atoms with Crippen molar-refractivity contribution in [3.63, 3.8) is 0 Å². The van der Waals surface area contributed by atoms with Crippen molar-refractivity contribution in [3.8, 4) is 0 Å². The molecule has 4 N–H and O–H groups in total. The Morgan fingerprint density at radius 1 is 1.11 bits per heavy atom. The molecule has 1 aliphatic heterocycles. The molecule has 1 heterocycles. The zero-order valence-electron chi connectivity index (χ0n) is 22.6. The number of nitrogens with one attached hydrogen (secondary N) is 2. The monoisotopic (exact) mass is 549 g/mol. The lowest BCUT2D eigenvalue weighted by Crippen LogP contribution is -2.58. The van der Waals surface area contributed by atoms with Crippen molar-refractivity contribution in [2.45, 2.75) is 58.3 Å². The van der Waals surface area contributed by atoms with Crippen molar-refractivity contribution in [3.05, 3.63) is 35.9 Å². The van der Waals surface area contributed by atoms with Crippen LogP contribution in [0, 0.1) is 5.92 Å². The Hall–Kier alpha value is -3.12. The van der Waals surface area contributed by atoms with E-state index < -0.39 is 53.8 Å². The van der Waals surface area contributed by atoms with E-state index in [0.717, 1.165) is 5.56 Å². The van der Waals surface area contributed by atoms with Gasteiger partial charge in [-0.3, -0.25) is 14.4 Å². The number of hydrogen-bond acceptors (Lipinski definition) is 8. The van der Waals surface area contributed by atoms with Gasteiger partial charge < -0.3 is 30.9 Å². The van der Waals surface area contributed by atoms with Gasteiger partial charge in [-0.05, 0) is 25.3 Å². The van der Waals surface area contributed by atoms with Crippen LogP contribution in [0.3, 0.4) is 0 Å². The van der Waals surface area contributed by atoms with Crippen LogP contribution in [-0.4, -0.2) is 95.4 Å². The van der Waals surface area contributed by atoms with Gasteiger partial charge in [0.15, 0.2) is 0 Å². The maximum atomic E-state index is 13.5. The van der Waals surface area contributed by atoms with E-state index in [-0.39, 0.29) is 24.8 Å². The number of amides is 4. The van der Waals surface area contributed by atoms with Crippen molar-refractivity contribution >= 4 is 41.4 Å². The Labute approximate surface area is 228 Å². The van der Waals surface area contributed by atoms with E-state index in [0.29, 0.717) is 12.3 Å². The highest BCUT2D eigenvalue weighted by Crippen LogP contribution is 2.24. The first kappa shape index (κ1) is 31.1. The van der Waals surface area contributed by atoms with Crippen LogP contribution in [0.25, 0.3) is 0 Å². The van der Waals surface area contributed by atoms with Crippen LogP contribution in [0.5, 0.6) is 0 Å². The summed E-state index contributed by atoms with van der Waals surface area (Å²) in [6.07, 6.45) is -0.407. The predicted octanol–water partition coefficient (Wildman–Crippen LogP) is 0.761. The Balaban J connectivity index is 2.20. The van der Waals surface area contributed by atoms with Gasteiger partial charge in [0.1, 0.15) is 18.1 Å². The number of rotatable bonds is 12. The minimum atomic E-state index is -1.16. The molecule has 1 aliphatic rings. The minimum Gasteiger partial charge on any atom is -0.457 e. The molecule has 38 heavy (non-hydrogen) atoms. The molecule has 0 radical (unpaired) electrons. The van der Waals surface area contributed by atoms with E-state index in [4.69, 9.17) is 10.5 Å². The summed E-state index contributed by atoms with van der Waals surface area (Å²) in [6, 6.07) is 5.66. The van der Waals surface area contributed by atoms with Gasteiger partial charge in [0.2, 0.25) is 11.8 Å². The van der Waals surface area contributed by atoms with Crippen molar-refractivity contribution in [1.82, 2.24) is 20.4 Å². The molecule has 12 heteroatoms. The van der Waals surface area contributed by atoms with Gasteiger partial charge >= 0.3 is 12.0 Å². The van der Waals surface area contributed by atoms with Crippen LogP contribution in [0.2, 0.25) is 0 Å². The minimum absolute atomic E-state index is 0.0879. The zero-order chi connectivity index (χ0) is 28.4. The summed E-state index contributed by atoms with van der Waals surface area (Å²) in [5, 5.41) is 5.43. The Morgan fingerprint density at radius 2 is 1.76 bits per heavy atom. The lowest BCUT2D eigenvalue weighted by atomic mass is 10.0. The molecule has 1 aromatic carbocycles. The first-order valence-corrected chi connectivity index (χ1v) is 13.8. The number of likely N-dealkylation sites (N-methyl/N-ethyl adjacent to an activating group) is 1. The van der Waals surface area contributed by atoms with Crippen LogP contribution in [0.15, 0.2) is 30.3 Å². The van der Waals surface area contributed by atoms with E-state index in [2.05, 4.69) is 10.6 Å². The molecule has 1 aromatic rings. The first-order chi connectivity index (χ1) is 18.0. The van der Waals surface area contributed by atoms with Crippen molar-refractivity contribution in [2.24, 2.45) is 11.7 Å². The van der Waals surface area contributed by atoms with E-state index in [1.54, 1.807) is 59.0 Å². The number of esters is 1. The number of nitrogens with two attached hydrogens (primary N) is 1. The summed E-state index contributed by atoms with van der Waals surface area (Å²) >= 11 is 1.39.